The zero-order chi connectivity index (χ0) is 19.5. The van der Waals surface area contributed by atoms with Crippen LogP contribution >= 0.6 is 0 Å². The van der Waals surface area contributed by atoms with Gasteiger partial charge in [-0.25, -0.2) is 0 Å². The maximum absolute atomic E-state index is 11.4. The van der Waals surface area contributed by atoms with Gasteiger partial charge in [0.1, 0.15) is 0 Å². The molecule has 4 rings (SSSR count). The van der Waals surface area contributed by atoms with Crippen LogP contribution in [0.15, 0.2) is 54.7 Å². The van der Waals surface area contributed by atoms with E-state index in [4.69, 9.17) is 0 Å². The maximum atomic E-state index is 11.4. The van der Waals surface area contributed by atoms with E-state index < -0.39 is 7.05 Å². The highest BCUT2D eigenvalue weighted by atomic mass is 16.2. The molecule has 1 aliphatic rings. The summed E-state index contributed by atoms with van der Waals surface area (Å²) >= 11 is 0. The second-order valence-corrected chi connectivity index (χ2v) is 7.60. The van der Waals surface area contributed by atoms with Crippen LogP contribution in [-0.4, -0.2) is 47.3 Å². The number of fused-ring (bicyclic) bond motifs is 1. The molecule has 1 aromatic heterocycles. The van der Waals surface area contributed by atoms with Crippen LogP contribution in [-0.2, 0) is 6.54 Å². The number of benzene rings is 2. The molecule has 0 atom stereocenters. The molecule has 0 saturated carbocycles. The highest BCUT2D eigenvalue weighted by molar-refractivity contribution is 6.45. The van der Waals surface area contributed by atoms with Gasteiger partial charge in [0.05, 0.1) is 0 Å². The van der Waals surface area contributed by atoms with E-state index in [1.807, 2.05) is 12.9 Å². The number of anilines is 1. The summed E-state index contributed by atoms with van der Waals surface area (Å²) in [6, 6.07) is 17.2. The zero-order valence-corrected chi connectivity index (χ0v) is 16.2. The van der Waals surface area contributed by atoms with Crippen LogP contribution in [0.1, 0.15) is 28.8 Å². The monoisotopic (exact) mass is 375 g/mol. The molecule has 2 heterocycles. The van der Waals surface area contributed by atoms with Crippen LogP contribution in [0.3, 0.4) is 0 Å². The molecule has 0 radical (unpaired) electrons. The topological polar surface area (TPSA) is 59.6 Å². The quantitative estimate of drug-likeness (QED) is 0.511. The Labute approximate surface area is 166 Å². The molecule has 6 heteroatoms. The van der Waals surface area contributed by atoms with Gasteiger partial charge in [-0.05, 0) is 56.5 Å². The molecular weight excluding hydrogens is 349 g/mol. The standard InChI is InChI=1S/C22H26BN3O2/c1-23(28)25-11-9-19(10-12-25)26(15-17-5-3-2-4-6-17)20-7-8-22-21(13-20)18(16-27)14-24-22/h2-8,13-14,16,19,24,28H,9-12,15H2,1H3. The number of piperidine rings is 1. The Balaban J connectivity index is 1.66. The van der Waals surface area contributed by atoms with Crippen molar-refractivity contribution in [3.05, 3.63) is 65.9 Å². The van der Waals surface area contributed by atoms with E-state index in [9.17, 15) is 9.82 Å². The number of carbonyl (C=O) groups excluding carboxylic acids is 1. The second kappa shape index (κ2) is 8.21. The lowest BCUT2D eigenvalue weighted by Crippen LogP contribution is -2.49. The van der Waals surface area contributed by atoms with Crippen LogP contribution in [0, 0.1) is 0 Å². The number of rotatable bonds is 6. The first-order valence-electron chi connectivity index (χ1n) is 9.94. The van der Waals surface area contributed by atoms with Crippen molar-refractivity contribution in [1.29, 1.82) is 0 Å². The molecule has 0 spiro atoms. The summed E-state index contributed by atoms with van der Waals surface area (Å²) in [4.78, 5) is 19.1. The molecule has 2 N–H and O–H groups in total. The number of hydrogen-bond donors (Lipinski definition) is 2. The summed E-state index contributed by atoms with van der Waals surface area (Å²) in [7, 11) is -0.394. The van der Waals surface area contributed by atoms with Crippen LogP contribution in [0.4, 0.5) is 5.69 Å². The van der Waals surface area contributed by atoms with Crippen molar-refractivity contribution in [1.82, 2.24) is 9.79 Å². The van der Waals surface area contributed by atoms with Crippen molar-refractivity contribution in [2.75, 3.05) is 18.0 Å². The number of aromatic amines is 1. The van der Waals surface area contributed by atoms with Crippen LogP contribution in [0.25, 0.3) is 10.9 Å². The smallest absolute Gasteiger partial charge is 0.376 e. The van der Waals surface area contributed by atoms with Gasteiger partial charge in [0.15, 0.2) is 6.29 Å². The molecule has 0 bridgehead atoms. The van der Waals surface area contributed by atoms with Gasteiger partial charge in [0, 0.05) is 40.9 Å². The molecule has 5 nitrogen and oxygen atoms in total. The minimum atomic E-state index is -0.394. The average molecular weight is 375 g/mol. The van der Waals surface area contributed by atoms with Crippen molar-refractivity contribution >= 4 is 29.9 Å². The number of aromatic nitrogens is 1. The molecule has 0 unspecified atom stereocenters. The third kappa shape index (κ3) is 3.84. The van der Waals surface area contributed by atoms with Crippen molar-refractivity contribution in [2.45, 2.75) is 32.3 Å². The lowest BCUT2D eigenvalue weighted by Gasteiger charge is -2.40. The Bertz CT molecular complexity index is 933. The number of H-pyrrole nitrogens is 1. The predicted octanol–water partition coefficient (Wildman–Crippen LogP) is 3.56. The number of nitrogens with one attached hydrogen (secondary N) is 1. The van der Waals surface area contributed by atoms with E-state index in [-0.39, 0.29) is 0 Å². The minimum Gasteiger partial charge on any atom is -0.437 e. The van der Waals surface area contributed by atoms with E-state index in [2.05, 4.69) is 57.2 Å². The van der Waals surface area contributed by atoms with Gasteiger partial charge >= 0.3 is 7.05 Å². The molecule has 0 amide bonds. The summed E-state index contributed by atoms with van der Waals surface area (Å²) in [5, 5.41) is 10.8. The fraction of sp³-hybridized carbons (Fsp3) is 0.318. The van der Waals surface area contributed by atoms with Gasteiger partial charge in [-0.3, -0.25) is 4.79 Å². The first-order chi connectivity index (χ1) is 13.7. The lowest BCUT2D eigenvalue weighted by molar-refractivity contribution is 0.112. The van der Waals surface area contributed by atoms with Crippen LogP contribution in [0.5, 0.6) is 0 Å². The summed E-state index contributed by atoms with van der Waals surface area (Å²) in [6.45, 7) is 4.44. The number of aldehydes is 1. The molecule has 1 aliphatic heterocycles. The highest BCUT2D eigenvalue weighted by Crippen LogP contribution is 2.30. The van der Waals surface area contributed by atoms with E-state index in [0.717, 1.165) is 55.4 Å². The van der Waals surface area contributed by atoms with Crippen molar-refractivity contribution < 1.29 is 9.82 Å². The maximum Gasteiger partial charge on any atom is 0.376 e. The van der Waals surface area contributed by atoms with E-state index in [0.29, 0.717) is 11.6 Å². The van der Waals surface area contributed by atoms with Crippen LogP contribution < -0.4 is 4.90 Å². The lowest BCUT2D eigenvalue weighted by atomic mass is 9.82. The Morgan fingerprint density at radius 1 is 1.21 bits per heavy atom. The molecule has 1 saturated heterocycles. The summed E-state index contributed by atoms with van der Waals surface area (Å²) in [5.74, 6) is 0. The minimum absolute atomic E-state index is 0.394. The van der Waals surface area contributed by atoms with E-state index >= 15 is 0 Å². The molecular formula is C22H26BN3O2. The van der Waals surface area contributed by atoms with Gasteiger partial charge < -0.3 is 19.7 Å². The molecule has 2 aromatic carbocycles. The van der Waals surface area contributed by atoms with Crippen molar-refractivity contribution in [3.8, 4) is 0 Å². The van der Waals surface area contributed by atoms with Crippen molar-refractivity contribution in [2.24, 2.45) is 0 Å². The fourth-order valence-electron chi connectivity index (χ4n) is 4.19. The SMILES string of the molecule is CB(O)N1CCC(N(Cc2ccccc2)c2ccc3[nH]cc(C=O)c3c2)CC1. The molecule has 3 aromatic rings. The van der Waals surface area contributed by atoms with Crippen LogP contribution in [0.2, 0.25) is 6.82 Å². The first-order valence-corrected chi connectivity index (χ1v) is 9.94. The third-order valence-electron chi connectivity index (χ3n) is 5.82. The Morgan fingerprint density at radius 2 is 1.96 bits per heavy atom. The van der Waals surface area contributed by atoms with Crippen molar-refractivity contribution in [3.63, 3.8) is 0 Å². The highest BCUT2D eigenvalue weighted by Gasteiger charge is 2.28. The first kappa shape index (κ1) is 18.8. The second-order valence-electron chi connectivity index (χ2n) is 7.60. The fourth-order valence-corrected chi connectivity index (χ4v) is 4.19. The molecule has 1 fully saturated rings. The van der Waals surface area contributed by atoms with Gasteiger partial charge in [-0.15, -0.1) is 0 Å². The Morgan fingerprint density at radius 3 is 2.64 bits per heavy atom. The summed E-state index contributed by atoms with van der Waals surface area (Å²) in [6.07, 6.45) is 4.68. The summed E-state index contributed by atoms with van der Waals surface area (Å²) < 4.78 is 0. The zero-order valence-electron chi connectivity index (χ0n) is 16.2. The largest absolute Gasteiger partial charge is 0.437 e. The van der Waals surface area contributed by atoms with E-state index in [1.54, 1.807) is 6.20 Å². The normalized spacial score (nSPS) is 15.6. The number of hydrogen-bond acceptors (Lipinski definition) is 4. The van der Waals surface area contributed by atoms with Gasteiger partial charge in [-0.1, -0.05) is 30.3 Å². The van der Waals surface area contributed by atoms with Gasteiger partial charge in [0.2, 0.25) is 0 Å². The molecule has 144 valence electrons. The van der Waals surface area contributed by atoms with Gasteiger partial charge in [0.25, 0.3) is 0 Å². The van der Waals surface area contributed by atoms with E-state index in [1.165, 1.54) is 5.56 Å². The summed E-state index contributed by atoms with van der Waals surface area (Å²) in [5.41, 5.74) is 4.08. The average Bonchev–Trinajstić information content (AvgIpc) is 3.15. The Hall–Kier alpha value is -2.57. The molecule has 0 aliphatic carbocycles. The number of carbonyl (C=O) groups is 1. The number of nitrogens with zero attached hydrogens (tertiary/aromatic N) is 2. The third-order valence-corrected chi connectivity index (χ3v) is 5.82. The molecule has 28 heavy (non-hydrogen) atoms. The Kier molecular flexibility index (Phi) is 5.51. The predicted molar refractivity (Wildman–Crippen MR) is 115 cm³/mol. The van der Waals surface area contributed by atoms with Gasteiger partial charge in [-0.2, -0.15) is 0 Å².